The van der Waals surface area contributed by atoms with Gasteiger partial charge in [0.15, 0.2) is 0 Å². The van der Waals surface area contributed by atoms with Gasteiger partial charge in [-0.15, -0.1) is 0 Å². The molecule has 1 atom stereocenters. The van der Waals surface area contributed by atoms with Crippen molar-refractivity contribution in [2.45, 2.75) is 25.1 Å². The first kappa shape index (κ1) is 25.1. The molecule has 164 valence electrons. The molecule has 1 N–H and O–H groups in total. The number of nitrogens with zero attached hydrogens (tertiary/aromatic N) is 1. The van der Waals surface area contributed by atoms with E-state index in [1.54, 1.807) is 43.0 Å². The predicted molar refractivity (Wildman–Crippen MR) is 128 cm³/mol. The third-order valence-corrected chi connectivity index (χ3v) is 7.38. The molecule has 0 radical (unpaired) electrons. The standard InChI is InChI=1S/C20H23Cl3N2O3S2/c1-3-19(25(30(2,27)28)16-6-4-5-15(21)12-16)20(26)24-9-10-29-13-14-7-8-17(22)18(23)11-14/h4-8,11-12,19H,3,9-10,13H2,1-2H3,(H,24,26)/t19-/m0/s1. The van der Waals surface area contributed by atoms with E-state index in [1.165, 1.54) is 6.07 Å². The number of rotatable bonds is 10. The number of hydrogen-bond donors (Lipinski definition) is 1. The Morgan fingerprint density at radius 2 is 1.87 bits per heavy atom. The van der Waals surface area contributed by atoms with Gasteiger partial charge in [0.1, 0.15) is 6.04 Å². The lowest BCUT2D eigenvalue weighted by molar-refractivity contribution is -0.122. The van der Waals surface area contributed by atoms with Crippen molar-refractivity contribution in [1.29, 1.82) is 0 Å². The summed E-state index contributed by atoms with van der Waals surface area (Å²) >= 11 is 19.6. The van der Waals surface area contributed by atoms with E-state index in [4.69, 9.17) is 34.8 Å². The lowest BCUT2D eigenvalue weighted by Crippen LogP contribution is -2.49. The van der Waals surface area contributed by atoms with E-state index in [2.05, 4.69) is 5.32 Å². The zero-order valence-corrected chi connectivity index (χ0v) is 20.5. The highest BCUT2D eigenvalue weighted by molar-refractivity contribution is 7.98. The van der Waals surface area contributed by atoms with E-state index in [-0.39, 0.29) is 5.91 Å². The van der Waals surface area contributed by atoms with Crippen LogP contribution >= 0.6 is 46.6 Å². The monoisotopic (exact) mass is 508 g/mol. The Kier molecular flexibility index (Phi) is 9.63. The van der Waals surface area contributed by atoms with Crippen LogP contribution in [0.4, 0.5) is 5.69 Å². The number of thioether (sulfide) groups is 1. The van der Waals surface area contributed by atoms with Gasteiger partial charge in [0, 0.05) is 23.1 Å². The van der Waals surface area contributed by atoms with Crippen molar-refractivity contribution in [1.82, 2.24) is 5.32 Å². The quantitative estimate of drug-likeness (QED) is 0.445. The predicted octanol–water partition coefficient (Wildman–Crippen LogP) is 5.24. The largest absolute Gasteiger partial charge is 0.353 e. The summed E-state index contributed by atoms with van der Waals surface area (Å²) in [4.78, 5) is 12.7. The van der Waals surface area contributed by atoms with Gasteiger partial charge in [-0.25, -0.2) is 8.42 Å². The Morgan fingerprint density at radius 3 is 2.47 bits per heavy atom. The van der Waals surface area contributed by atoms with Gasteiger partial charge in [0.25, 0.3) is 0 Å². The molecule has 0 unspecified atom stereocenters. The van der Waals surface area contributed by atoms with Crippen molar-refractivity contribution in [3.05, 3.63) is 63.1 Å². The van der Waals surface area contributed by atoms with Crippen LogP contribution in [0.2, 0.25) is 15.1 Å². The van der Waals surface area contributed by atoms with Crippen molar-refractivity contribution >= 4 is 68.2 Å². The van der Waals surface area contributed by atoms with Gasteiger partial charge in [-0.3, -0.25) is 9.10 Å². The Labute approximate surface area is 197 Å². The lowest BCUT2D eigenvalue weighted by Gasteiger charge is -2.30. The molecule has 0 saturated heterocycles. The number of amides is 1. The number of halogens is 3. The van der Waals surface area contributed by atoms with Crippen molar-refractivity contribution in [3.63, 3.8) is 0 Å². The first-order chi connectivity index (χ1) is 14.1. The summed E-state index contributed by atoms with van der Waals surface area (Å²) in [6, 6.07) is 11.1. The van der Waals surface area contributed by atoms with E-state index in [9.17, 15) is 13.2 Å². The minimum atomic E-state index is -3.68. The SMILES string of the molecule is CC[C@@H](C(=O)NCCSCc1ccc(Cl)c(Cl)c1)N(c1cccc(Cl)c1)S(C)(=O)=O. The average molecular weight is 510 g/mol. The minimum Gasteiger partial charge on any atom is -0.353 e. The maximum Gasteiger partial charge on any atom is 0.243 e. The molecule has 1 amide bonds. The summed E-state index contributed by atoms with van der Waals surface area (Å²) in [7, 11) is -3.68. The van der Waals surface area contributed by atoms with Crippen molar-refractivity contribution < 1.29 is 13.2 Å². The van der Waals surface area contributed by atoms with Crippen LogP contribution in [0.25, 0.3) is 0 Å². The molecule has 0 spiro atoms. The second-order valence-electron chi connectivity index (χ2n) is 6.55. The van der Waals surface area contributed by atoms with Crippen LogP contribution < -0.4 is 9.62 Å². The molecule has 0 aliphatic carbocycles. The first-order valence-corrected chi connectivity index (χ1v) is 13.3. The van der Waals surface area contributed by atoms with Crippen molar-refractivity contribution in [3.8, 4) is 0 Å². The molecule has 0 aliphatic heterocycles. The molecule has 5 nitrogen and oxygen atoms in total. The van der Waals surface area contributed by atoms with Crippen LogP contribution in [-0.4, -0.2) is 38.9 Å². The third kappa shape index (κ3) is 7.24. The Hall–Kier alpha value is -1.12. The summed E-state index contributed by atoms with van der Waals surface area (Å²) in [6.07, 6.45) is 1.40. The number of anilines is 1. The second kappa shape index (κ2) is 11.5. The first-order valence-electron chi connectivity index (χ1n) is 9.17. The van der Waals surface area contributed by atoms with Crippen molar-refractivity contribution in [2.24, 2.45) is 0 Å². The van der Waals surface area contributed by atoms with Crippen LogP contribution in [0, 0.1) is 0 Å². The molecule has 0 heterocycles. The lowest BCUT2D eigenvalue weighted by atomic mass is 10.2. The highest BCUT2D eigenvalue weighted by Gasteiger charge is 2.31. The van der Waals surface area contributed by atoms with Gasteiger partial charge in [-0.05, 0) is 42.3 Å². The Bertz CT molecular complexity index is 987. The number of carbonyl (C=O) groups excluding carboxylic acids is 1. The van der Waals surface area contributed by atoms with E-state index >= 15 is 0 Å². The van der Waals surface area contributed by atoms with Crippen LogP contribution in [-0.2, 0) is 20.6 Å². The summed E-state index contributed by atoms with van der Waals surface area (Å²) in [5.41, 5.74) is 1.40. The Balaban J connectivity index is 1.96. The number of carbonyl (C=O) groups is 1. The average Bonchev–Trinajstić information content (AvgIpc) is 2.67. The fourth-order valence-corrected chi connectivity index (χ4v) is 5.37. The maximum atomic E-state index is 12.7. The van der Waals surface area contributed by atoms with Gasteiger partial charge in [-0.1, -0.05) is 53.9 Å². The molecule has 0 fully saturated rings. The van der Waals surface area contributed by atoms with Gasteiger partial charge in [0.05, 0.1) is 22.0 Å². The zero-order chi connectivity index (χ0) is 22.3. The smallest absolute Gasteiger partial charge is 0.243 e. The van der Waals surface area contributed by atoms with Gasteiger partial charge < -0.3 is 5.32 Å². The van der Waals surface area contributed by atoms with Gasteiger partial charge in [0.2, 0.25) is 15.9 Å². The molecule has 0 bridgehead atoms. The van der Waals surface area contributed by atoms with Gasteiger partial charge in [-0.2, -0.15) is 11.8 Å². The van der Waals surface area contributed by atoms with Crippen molar-refractivity contribution in [2.75, 3.05) is 22.9 Å². The number of benzene rings is 2. The molecular formula is C20H23Cl3N2O3S2. The van der Waals surface area contributed by atoms with Crippen LogP contribution in [0.15, 0.2) is 42.5 Å². The summed E-state index contributed by atoms with van der Waals surface area (Å²) < 4.78 is 25.9. The summed E-state index contributed by atoms with van der Waals surface area (Å²) in [6.45, 7) is 2.18. The molecule has 0 aromatic heterocycles. The topological polar surface area (TPSA) is 66.5 Å². The third-order valence-electron chi connectivity index (χ3n) is 4.19. The summed E-state index contributed by atoms with van der Waals surface area (Å²) in [5.74, 6) is 1.04. The van der Waals surface area contributed by atoms with Crippen LogP contribution in [0.5, 0.6) is 0 Å². The molecule has 0 saturated carbocycles. The molecule has 2 aromatic carbocycles. The molecule has 2 rings (SSSR count). The Morgan fingerprint density at radius 1 is 1.13 bits per heavy atom. The zero-order valence-electron chi connectivity index (χ0n) is 16.6. The van der Waals surface area contributed by atoms with E-state index in [0.717, 1.165) is 21.9 Å². The highest BCUT2D eigenvalue weighted by Crippen LogP contribution is 2.26. The number of hydrogen-bond acceptors (Lipinski definition) is 4. The second-order valence-corrected chi connectivity index (χ2v) is 10.8. The number of nitrogens with one attached hydrogen (secondary N) is 1. The van der Waals surface area contributed by atoms with Crippen LogP contribution in [0.3, 0.4) is 0 Å². The normalized spacial score (nSPS) is 12.4. The molecule has 0 aliphatic rings. The fraction of sp³-hybridized carbons (Fsp3) is 0.350. The minimum absolute atomic E-state index is 0.321. The van der Waals surface area contributed by atoms with E-state index < -0.39 is 16.1 Å². The van der Waals surface area contributed by atoms with E-state index in [1.807, 2.05) is 12.1 Å². The molecule has 10 heteroatoms. The molecule has 30 heavy (non-hydrogen) atoms. The highest BCUT2D eigenvalue weighted by atomic mass is 35.5. The molecular weight excluding hydrogens is 487 g/mol. The fourth-order valence-electron chi connectivity index (χ4n) is 2.86. The van der Waals surface area contributed by atoms with Gasteiger partial charge >= 0.3 is 0 Å². The maximum absolute atomic E-state index is 12.7. The molecule has 2 aromatic rings. The van der Waals surface area contributed by atoms with E-state index in [0.29, 0.717) is 39.5 Å². The van der Waals surface area contributed by atoms with Crippen LogP contribution in [0.1, 0.15) is 18.9 Å². The summed E-state index contributed by atoms with van der Waals surface area (Å²) in [5, 5.41) is 4.25. The number of sulfonamides is 1.